The molecule has 19 heavy (non-hydrogen) atoms. The predicted octanol–water partition coefficient (Wildman–Crippen LogP) is 3.85. The summed E-state index contributed by atoms with van der Waals surface area (Å²) in [6, 6.07) is 5.00. The van der Waals surface area contributed by atoms with Crippen LogP contribution >= 0.6 is 11.6 Å². The van der Waals surface area contributed by atoms with Gasteiger partial charge in [0.1, 0.15) is 5.82 Å². The van der Waals surface area contributed by atoms with Crippen molar-refractivity contribution in [2.75, 3.05) is 13.6 Å². The van der Waals surface area contributed by atoms with Crippen LogP contribution in [0.4, 0.5) is 4.39 Å². The minimum Gasteiger partial charge on any atom is -0.329 e. The van der Waals surface area contributed by atoms with Gasteiger partial charge in [-0.15, -0.1) is 0 Å². The summed E-state index contributed by atoms with van der Waals surface area (Å²) in [6.45, 7) is 7.00. The van der Waals surface area contributed by atoms with Crippen LogP contribution in [0.2, 0.25) is 5.02 Å². The number of benzene rings is 1. The molecule has 0 aliphatic carbocycles. The number of rotatable bonds is 6. The van der Waals surface area contributed by atoms with Crippen LogP contribution in [0, 0.1) is 11.7 Å². The molecule has 0 heterocycles. The van der Waals surface area contributed by atoms with Gasteiger partial charge in [-0.2, -0.15) is 0 Å². The number of halogens is 2. The van der Waals surface area contributed by atoms with Crippen LogP contribution in [0.1, 0.15) is 38.8 Å². The van der Waals surface area contributed by atoms with Gasteiger partial charge in [0.05, 0.1) is 0 Å². The highest BCUT2D eigenvalue weighted by Gasteiger charge is 2.21. The molecule has 0 radical (unpaired) electrons. The summed E-state index contributed by atoms with van der Waals surface area (Å²) in [5.41, 5.74) is 6.71. The molecule has 4 heteroatoms. The molecule has 2 unspecified atom stereocenters. The van der Waals surface area contributed by atoms with Gasteiger partial charge in [-0.25, -0.2) is 4.39 Å². The second kappa shape index (κ2) is 7.22. The molecule has 0 aromatic heterocycles. The van der Waals surface area contributed by atoms with Crippen molar-refractivity contribution in [1.82, 2.24) is 4.90 Å². The lowest BCUT2D eigenvalue weighted by Gasteiger charge is -2.33. The van der Waals surface area contributed by atoms with Crippen molar-refractivity contribution < 1.29 is 4.39 Å². The fourth-order valence-corrected chi connectivity index (χ4v) is 2.69. The van der Waals surface area contributed by atoms with Gasteiger partial charge >= 0.3 is 0 Å². The summed E-state index contributed by atoms with van der Waals surface area (Å²) in [4.78, 5) is 2.20. The van der Waals surface area contributed by atoms with Gasteiger partial charge in [0.2, 0.25) is 0 Å². The van der Waals surface area contributed by atoms with E-state index in [1.54, 1.807) is 6.07 Å². The van der Waals surface area contributed by atoms with E-state index in [2.05, 4.69) is 25.7 Å². The first-order valence-electron chi connectivity index (χ1n) is 6.73. The molecule has 0 fully saturated rings. The van der Waals surface area contributed by atoms with Crippen molar-refractivity contribution in [1.29, 1.82) is 0 Å². The number of nitrogens with two attached hydrogens (primary N) is 1. The zero-order valence-electron chi connectivity index (χ0n) is 12.2. The molecule has 2 atom stereocenters. The zero-order valence-corrected chi connectivity index (χ0v) is 12.9. The van der Waals surface area contributed by atoms with Crippen molar-refractivity contribution in [2.45, 2.75) is 39.3 Å². The summed E-state index contributed by atoms with van der Waals surface area (Å²) in [7, 11) is 2.03. The van der Waals surface area contributed by atoms with E-state index in [1.165, 1.54) is 12.1 Å². The molecule has 2 N–H and O–H groups in total. The van der Waals surface area contributed by atoms with E-state index < -0.39 is 0 Å². The Morgan fingerprint density at radius 1 is 1.26 bits per heavy atom. The number of nitrogens with zero attached hydrogens (tertiary/aromatic N) is 1. The van der Waals surface area contributed by atoms with E-state index in [1.807, 2.05) is 7.05 Å². The van der Waals surface area contributed by atoms with Crippen molar-refractivity contribution in [2.24, 2.45) is 11.7 Å². The molecule has 108 valence electrons. The Morgan fingerprint density at radius 3 is 2.37 bits per heavy atom. The molecule has 0 saturated carbocycles. The minimum atomic E-state index is -0.314. The maximum Gasteiger partial charge on any atom is 0.125 e. The Labute approximate surface area is 120 Å². The Balaban J connectivity index is 2.92. The molecule has 0 aliphatic heterocycles. The lowest BCUT2D eigenvalue weighted by atomic mass is 9.99. The van der Waals surface area contributed by atoms with Gasteiger partial charge in [-0.3, -0.25) is 4.90 Å². The van der Waals surface area contributed by atoms with Gasteiger partial charge < -0.3 is 5.73 Å². The maximum absolute atomic E-state index is 13.5. The van der Waals surface area contributed by atoms with E-state index in [-0.39, 0.29) is 11.9 Å². The van der Waals surface area contributed by atoms with Crippen LogP contribution in [-0.4, -0.2) is 24.5 Å². The molecular formula is C15H24ClFN2. The molecule has 0 bridgehead atoms. The maximum atomic E-state index is 13.5. The lowest BCUT2D eigenvalue weighted by Crippen LogP contribution is -2.37. The van der Waals surface area contributed by atoms with Crippen molar-refractivity contribution in [3.05, 3.63) is 34.6 Å². The Morgan fingerprint density at radius 2 is 1.89 bits per heavy atom. The molecule has 0 spiro atoms. The van der Waals surface area contributed by atoms with Crippen LogP contribution in [0.15, 0.2) is 18.2 Å². The summed E-state index contributed by atoms with van der Waals surface area (Å²) < 4.78 is 13.5. The number of hydrogen-bond donors (Lipinski definition) is 1. The fourth-order valence-electron chi connectivity index (χ4n) is 2.46. The highest BCUT2D eigenvalue weighted by atomic mass is 35.5. The molecule has 0 amide bonds. The highest BCUT2D eigenvalue weighted by molar-refractivity contribution is 6.30. The van der Waals surface area contributed by atoms with Crippen LogP contribution in [-0.2, 0) is 0 Å². The largest absolute Gasteiger partial charge is 0.329 e. The normalized spacial score (nSPS) is 15.0. The summed E-state index contributed by atoms with van der Waals surface area (Å²) >= 11 is 5.92. The monoisotopic (exact) mass is 286 g/mol. The number of hydrogen-bond acceptors (Lipinski definition) is 2. The van der Waals surface area contributed by atoms with E-state index >= 15 is 0 Å². The molecule has 0 aliphatic rings. The zero-order chi connectivity index (χ0) is 14.6. The van der Waals surface area contributed by atoms with Gasteiger partial charge in [-0.05, 0) is 50.1 Å². The first kappa shape index (κ1) is 16.4. The topological polar surface area (TPSA) is 29.3 Å². The summed E-state index contributed by atoms with van der Waals surface area (Å²) in [5, 5.41) is 0.415. The van der Waals surface area contributed by atoms with E-state index in [0.717, 1.165) is 12.0 Å². The van der Waals surface area contributed by atoms with Crippen molar-refractivity contribution in [3.63, 3.8) is 0 Å². The molecule has 2 nitrogen and oxygen atoms in total. The van der Waals surface area contributed by atoms with E-state index in [0.29, 0.717) is 23.5 Å². The fraction of sp³-hybridized carbons (Fsp3) is 0.600. The standard InChI is InChI=1S/C15H24ClFN2/c1-10(2)5-11(3)19(4)15(9-18)12-6-13(16)8-14(17)7-12/h6-8,10-11,15H,5,9,18H2,1-4H3. The minimum absolute atomic E-state index is 0.0121. The second-order valence-electron chi connectivity index (χ2n) is 5.60. The van der Waals surface area contributed by atoms with Crippen molar-refractivity contribution >= 4 is 11.6 Å². The predicted molar refractivity (Wildman–Crippen MR) is 79.9 cm³/mol. The Hall–Kier alpha value is -0.640. The Kier molecular flexibility index (Phi) is 6.24. The van der Waals surface area contributed by atoms with E-state index in [4.69, 9.17) is 17.3 Å². The highest BCUT2D eigenvalue weighted by Crippen LogP contribution is 2.26. The third kappa shape index (κ3) is 4.75. The first-order chi connectivity index (χ1) is 8.85. The van der Waals surface area contributed by atoms with Gasteiger partial charge in [0, 0.05) is 23.7 Å². The molecular weight excluding hydrogens is 263 g/mol. The van der Waals surface area contributed by atoms with Crippen LogP contribution in [0.3, 0.4) is 0 Å². The molecule has 1 aromatic rings. The van der Waals surface area contributed by atoms with Gasteiger partial charge in [-0.1, -0.05) is 25.4 Å². The Bertz CT molecular complexity index is 389. The van der Waals surface area contributed by atoms with Crippen LogP contribution in [0.25, 0.3) is 0 Å². The smallest absolute Gasteiger partial charge is 0.125 e. The molecule has 0 saturated heterocycles. The average molecular weight is 287 g/mol. The van der Waals surface area contributed by atoms with Crippen LogP contribution < -0.4 is 5.73 Å². The molecule has 1 rings (SSSR count). The SMILES string of the molecule is CC(C)CC(C)N(C)C(CN)c1cc(F)cc(Cl)c1. The van der Waals surface area contributed by atoms with Gasteiger partial charge in [0.25, 0.3) is 0 Å². The quantitative estimate of drug-likeness (QED) is 0.861. The molecule has 1 aromatic carbocycles. The second-order valence-corrected chi connectivity index (χ2v) is 6.03. The van der Waals surface area contributed by atoms with Crippen LogP contribution in [0.5, 0.6) is 0 Å². The van der Waals surface area contributed by atoms with E-state index in [9.17, 15) is 4.39 Å². The third-order valence-corrected chi connectivity index (χ3v) is 3.71. The van der Waals surface area contributed by atoms with Gasteiger partial charge in [0.15, 0.2) is 0 Å². The summed E-state index contributed by atoms with van der Waals surface area (Å²) in [6.07, 6.45) is 1.08. The summed E-state index contributed by atoms with van der Waals surface area (Å²) in [5.74, 6) is 0.304. The van der Waals surface area contributed by atoms with Crippen molar-refractivity contribution in [3.8, 4) is 0 Å². The third-order valence-electron chi connectivity index (χ3n) is 3.49. The lowest BCUT2D eigenvalue weighted by molar-refractivity contribution is 0.168. The first-order valence-corrected chi connectivity index (χ1v) is 7.11. The number of likely N-dealkylation sites (N-methyl/N-ethyl adjacent to an activating group) is 1. The average Bonchev–Trinajstić information content (AvgIpc) is 2.27.